The van der Waals surface area contributed by atoms with E-state index in [1.807, 2.05) is 6.92 Å². The quantitative estimate of drug-likeness (QED) is 0.900. The molecule has 1 saturated heterocycles. The minimum absolute atomic E-state index is 0.162. The number of nitrogens with zero attached hydrogens (tertiary/aromatic N) is 2. The fourth-order valence-electron chi connectivity index (χ4n) is 2.88. The summed E-state index contributed by atoms with van der Waals surface area (Å²) in [6.45, 7) is 4.25. The first-order valence-corrected chi connectivity index (χ1v) is 9.61. The summed E-state index contributed by atoms with van der Waals surface area (Å²) in [5.74, 6) is -0.389. The van der Waals surface area contributed by atoms with Gasteiger partial charge in [0.1, 0.15) is 0 Å². The number of aryl methyl sites for hydroxylation is 2. The minimum Gasteiger partial charge on any atom is -0.338 e. The van der Waals surface area contributed by atoms with Crippen LogP contribution in [0.1, 0.15) is 24.1 Å². The normalized spacial score (nSPS) is 18.9. The Labute approximate surface area is 147 Å². The molecule has 0 radical (unpaired) electrons. The van der Waals surface area contributed by atoms with Crippen LogP contribution in [0, 0.1) is 19.8 Å². The number of hydrogen-bond acceptors (Lipinski definition) is 5. The fraction of sp³-hybridized carbons (Fsp3) is 0.412. The van der Waals surface area contributed by atoms with Gasteiger partial charge in [-0.2, -0.15) is 4.31 Å². The highest BCUT2D eigenvalue weighted by Gasteiger charge is 2.33. The summed E-state index contributed by atoms with van der Waals surface area (Å²) in [5, 5.41) is 6.38. The molecule has 0 bridgehead atoms. The number of carbonyl (C=O) groups is 1. The average molecular weight is 363 g/mol. The molecule has 1 aromatic heterocycles. The van der Waals surface area contributed by atoms with E-state index >= 15 is 0 Å². The first-order chi connectivity index (χ1) is 11.9. The Morgan fingerprint density at radius 3 is 2.64 bits per heavy atom. The van der Waals surface area contributed by atoms with Gasteiger partial charge in [-0.25, -0.2) is 8.42 Å². The van der Waals surface area contributed by atoms with Crippen LogP contribution in [0.4, 0.5) is 5.88 Å². The van der Waals surface area contributed by atoms with Crippen molar-refractivity contribution < 1.29 is 17.7 Å². The molecule has 0 aliphatic carbocycles. The summed E-state index contributed by atoms with van der Waals surface area (Å²) >= 11 is 0. The standard InChI is InChI=1S/C17H21N3O4S/c1-12-5-7-15(8-6-12)25(22,23)20-9-3-4-14(11-20)17(21)18-16-10-13(2)19-24-16/h5-8,10,14H,3-4,9,11H2,1-2H3,(H,18,21)/t14-/m1/s1. The van der Waals surface area contributed by atoms with Crippen molar-refractivity contribution in [3.63, 3.8) is 0 Å². The smallest absolute Gasteiger partial charge is 0.243 e. The third-order valence-electron chi connectivity index (χ3n) is 4.29. The molecule has 1 atom stereocenters. The summed E-state index contributed by atoms with van der Waals surface area (Å²) in [6.07, 6.45) is 1.28. The Bertz CT molecular complexity index is 858. The highest BCUT2D eigenvalue weighted by molar-refractivity contribution is 7.89. The van der Waals surface area contributed by atoms with Crippen LogP contribution in [0.5, 0.6) is 0 Å². The second-order valence-electron chi connectivity index (χ2n) is 6.34. The molecule has 2 aromatic rings. The minimum atomic E-state index is -3.60. The molecule has 1 aliphatic rings. The summed E-state index contributed by atoms with van der Waals surface area (Å²) in [4.78, 5) is 12.7. The maximum absolute atomic E-state index is 12.8. The van der Waals surface area contributed by atoms with Crippen molar-refractivity contribution in [1.29, 1.82) is 0 Å². The predicted octanol–water partition coefficient (Wildman–Crippen LogP) is 2.33. The zero-order valence-corrected chi connectivity index (χ0v) is 15.0. The van der Waals surface area contributed by atoms with E-state index < -0.39 is 15.9 Å². The molecule has 134 valence electrons. The second-order valence-corrected chi connectivity index (χ2v) is 8.27. The van der Waals surface area contributed by atoms with Crippen molar-refractivity contribution in [2.45, 2.75) is 31.6 Å². The number of nitrogens with one attached hydrogen (secondary N) is 1. The molecule has 1 fully saturated rings. The highest BCUT2D eigenvalue weighted by atomic mass is 32.2. The van der Waals surface area contributed by atoms with Crippen LogP contribution in [0.15, 0.2) is 39.8 Å². The molecule has 1 amide bonds. The number of aromatic nitrogens is 1. The largest absolute Gasteiger partial charge is 0.338 e. The van der Waals surface area contributed by atoms with E-state index in [1.165, 1.54) is 4.31 Å². The Kier molecular flexibility index (Phi) is 4.91. The van der Waals surface area contributed by atoms with Crippen LogP contribution >= 0.6 is 0 Å². The van der Waals surface area contributed by atoms with Crippen LogP contribution in [0.2, 0.25) is 0 Å². The van der Waals surface area contributed by atoms with Crippen molar-refractivity contribution in [3.8, 4) is 0 Å². The third kappa shape index (κ3) is 3.91. The molecule has 1 aliphatic heterocycles. The van der Waals surface area contributed by atoms with E-state index in [4.69, 9.17) is 4.52 Å². The van der Waals surface area contributed by atoms with Gasteiger partial charge in [-0.1, -0.05) is 22.9 Å². The number of piperidine rings is 1. The molecule has 0 unspecified atom stereocenters. The number of carbonyl (C=O) groups excluding carboxylic acids is 1. The molecule has 1 N–H and O–H groups in total. The molecule has 2 heterocycles. The lowest BCUT2D eigenvalue weighted by Crippen LogP contribution is -2.43. The first-order valence-electron chi connectivity index (χ1n) is 8.17. The van der Waals surface area contributed by atoms with Crippen molar-refractivity contribution >= 4 is 21.8 Å². The summed E-state index contributed by atoms with van der Waals surface area (Å²) < 4.78 is 32.0. The number of anilines is 1. The van der Waals surface area contributed by atoms with Crippen molar-refractivity contribution in [2.75, 3.05) is 18.4 Å². The van der Waals surface area contributed by atoms with Gasteiger partial charge < -0.3 is 4.52 Å². The van der Waals surface area contributed by atoms with Gasteiger partial charge in [0.25, 0.3) is 0 Å². The SMILES string of the molecule is Cc1ccc(S(=O)(=O)N2CCC[C@@H](C(=O)Nc3cc(C)no3)C2)cc1. The van der Waals surface area contributed by atoms with E-state index in [0.717, 1.165) is 5.56 Å². The van der Waals surface area contributed by atoms with Crippen LogP contribution in [0.25, 0.3) is 0 Å². The fourth-order valence-corrected chi connectivity index (χ4v) is 4.40. The molecule has 7 nitrogen and oxygen atoms in total. The number of sulfonamides is 1. The lowest BCUT2D eigenvalue weighted by Gasteiger charge is -2.31. The monoisotopic (exact) mass is 363 g/mol. The molecule has 0 saturated carbocycles. The van der Waals surface area contributed by atoms with Crippen LogP contribution in [0.3, 0.4) is 0 Å². The molecule has 25 heavy (non-hydrogen) atoms. The first kappa shape index (κ1) is 17.6. The zero-order chi connectivity index (χ0) is 18.0. The van der Waals surface area contributed by atoms with E-state index in [-0.39, 0.29) is 23.2 Å². The summed E-state index contributed by atoms with van der Waals surface area (Å²) in [5.41, 5.74) is 1.67. The van der Waals surface area contributed by atoms with Gasteiger partial charge in [-0.05, 0) is 38.8 Å². The van der Waals surface area contributed by atoms with Gasteiger partial charge >= 0.3 is 0 Å². The average Bonchev–Trinajstić information content (AvgIpc) is 3.00. The van der Waals surface area contributed by atoms with E-state index in [1.54, 1.807) is 37.3 Å². The summed E-state index contributed by atoms with van der Waals surface area (Å²) in [7, 11) is -3.60. The van der Waals surface area contributed by atoms with E-state index in [0.29, 0.717) is 25.1 Å². The van der Waals surface area contributed by atoms with Crippen LogP contribution in [-0.2, 0) is 14.8 Å². The Morgan fingerprint density at radius 1 is 1.28 bits per heavy atom. The Balaban J connectivity index is 1.71. The predicted molar refractivity (Wildman–Crippen MR) is 92.5 cm³/mol. The van der Waals surface area contributed by atoms with Gasteiger partial charge in [-0.3, -0.25) is 10.1 Å². The molecule has 1 aromatic carbocycles. The molecule has 8 heteroatoms. The Morgan fingerprint density at radius 2 is 2.00 bits per heavy atom. The Hall–Kier alpha value is -2.19. The number of rotatable bonds is 4. The zero-order valence-electron chi connectivity index (χ0n) is 14.2. The third-order valence-corrected chi connectivity index (χ3v) is 6.17. The van der Waals surface area contributed by atoms with Gasteiger partial charge in [0.15, 0.2) is 0 Å². The highest BCUT2D eigenvalue weighted by Crippen LogP contribution is 2.25. The summed E-state index contributed by atoms with van der Waals surface area (Å²) in [6, 6.07) is 8.37. The second kappa shape index (κ2) is 6.97. The lowest BCUT2D eigenvalue weighted by molar-refractivity contribution is -0.121. The van der Waals surface area contributed by atoms with Crippen LogP contribution < -0.4 is 5.32 Å². The van der Waals surface area contributed by atoms with Gasteiger partial charge in [0.05, 0.1) is 16.5 Å². The van der Waals surface area contributed by atoms with Crippen molar-refractivity contribution in [3.05, 3.63) is 41.6 Å². The number of amides is 1. The number of hydrogen-bond donors (Lipinski definition) is 1. The van der Waals surface area contributed by atoms with E-state index in [2.05, 4.69) is 10.5 Å². The van der Waals surface area contributed by atoms with Crippen molar-refractivity contribution in [2.24, 2.45) is 5.92 Å². The molecular formula is C17H21N3O4S. The molecule has 3 rings (SSSR count). The van der Waals surface area contributed by atoms with Gasteiger partial charge in [-0.15, -0.1) is 0 Å². The van der Waals surface area contributed by atoms with Gasteiger partial charge in [0, 0.05) is 19.2 Å². The topological polar surface area (TPSA) is 92.5 Å². The van der Waals surface area contributed by atoms with Crippen molar-refractivity contribution in [1.82, 2.24) is 9.46 Å². The number of benzene rings is 1. The molecule has 0 spiro atoms. The maximum atomic E-state index is 12.8. The van der Waals surface area contributed by atoms with E-state index in [9.17, 15) is 13.2 Å². The van der Waals surface area contributed by atoms with Crippen LogP contribution in [-0.4, -0.2) is 36.9 Å². The van der Waals surface area contributed by atoms with Gasteiger partial charge in [0.2, 0.25) is 21.8 Å². The maximum Gasteiger partial charge on any atom is 0.243 e. The molecular weight excluding hydrogens is 342 g/mol. The lowest BCUT2D eigenvalue weighted by atomic mass is 9.99.